The molecule has 0 aromatic carbocycles. The summed E-state index contributed by atoms with van der Waals surface area (Å²) < 4.78 is 27.9. The van der Waals surface area contributed by atoms with Crippen LogP contribution in [0.25, 0.3) is 0 Å². The van der Waals surface area contributed by atoms with E-state index in [1.807, 2.05) is 19.4 Å². The molecule has 1 rings (SSSR count). The quantitative estimate of drug-likeness (QED) is 0.508. The molecule has 0 radical (unpaired) electrons. The van der Waals surface area contributed by atoms with E-state index in [0.29, 0.717) is 12.2 Å². The fourth-order valence-electron chi connectivity index (χ4n) is 2.59. The summed E-state index contributed by atoms with van der Waals surface area (Å²) in [6.45, 7) is 1.96. The molecule has 0 bridgehead atoms. The van der Waals surface area contributed by atoms with Gasteiger partial charge in [0.05, 0.1) is 5.75 Å². The van der Waals surface area contributed by atoms with E-state index in [4.69, 9.17) is 0 Å². The lowest BCUT2D eigenvalue weighted by Crippen LogP contribution is -2.27. The summed E-state index contributed by atoms with van der Waals surface area (Å²) in [4.78, 5) is 12.3. The number of carbonyl (C=O) groups excluding carboxylic acids is 1. The predicted molar refractivity (Wildman–Crippen MR) is 87.2 cm³/mol. The highest BCUT2D eigenvalue weighted by molar-refractivity contribution is 8.31. The monoisotopic (exact) mass is 325 g/mol. The van der Waals surface area contributed by atoms with Crippen LogP contribution in [-0.2, 0) is 14.9 Å². The Labute approximate surface area is 125 Å². The smallest absolute Gasteiger partial charge is 0.298 e. The fourth-order valence-corrected chi connectivity index (χ4v) is 7.14. The molecule has 1 aliphatic carbocycles. The van der Waals surface area contributed by atoms with Crippen LogP contribution >= 0.6 is 10.3 Å². The first-order chi connectivity index (χ1) is 9.26. The van der Waals surface area contributed by atoms with Gasteiger partial charge in [0.1, 0.15) is 5.75 Å². The minimum atomic E-state index is -3.37. The summed E-state index contributed by atoms with van der Waals surface area (Å²) in [5.74, 6) is 0.795. The topological polar surface area (TPSA) is 64.0 Å². The molecule has 6 heteroatoms. The van der Waals surface area contributed by atoms with Crippen molar-refractivity contribution < 1.29 is 16.8 Å². The average Bonchev–Trinajstić information content (AvgIpc) is 2.35. The number of hydrogen-bond acceptors (Lipinski definition) is 3. The largest absolute Gasteiger partial charge is 0.390 e. The number of unbranched alkanes of at least 4 members (excludes halogenated alkanes) is 1. The Morgan fingerprint density at radius 3 is 2.30 bits per heavy atom. The van der Waals surface area contributed by atoms with Crippen LogP contribution in [0.1, 0.15) is 51.9 Å². The Kier molecular flexibility index (Phi) is 7.01. The van der Waals surface area contributed by atoms with E-state index in [9.17, 15) is 13.2 Å². The number of rotatable bonds is 8. The number of hydrogen-bond donors (Lipinski definition) is 0. The third kappa shape index (κ3) is 6.59. The van der Waals surface area contributed by atoms with Crippen molar-refractivity contribution in [2.45, 2.75) is 51.9 Å². The van der Waals surface area contributed by atoms with Gasteiger partial charge in [-0.3, -0.25) is 8.42 Å². The van der Waals surface area contributed by atoms with Crippen molar-refractivity contribution in [3.63, 3.8) is 0 Å². The fraction of sp³-hybridized carbons (Fsp3) is 0.929. The molecule has 0 saturated heterocycles. The zero-order valence-corrected chi connectivity index (χ0v) is 14.6. The first-order valence-corrected chi connectivity index (χ1v) is 11.6. The number of carbonyl (C=O) groups is 1. The standard InChI is InChI=1S/C14H28O4S2/c1-4-5-11-20(16,17)18-19(2,3)12-14(15)13-9-7-6-8-10-13/h13H,4-12H2,1-3H3/p+1. The normalized spacial score (nSPS) is 18.9. The van der Waals surface area contributed by atoms with Gasteiger partial charge < -0.3 is 0 Å². The van der Waals surface area contributed by atoms with Crippen molar-refractivity contribution >= 4 is 26.2 Å². The highest BCUT2D eigenvalue weighted by atomic mass is 32.3. The molecule has 0 atom stereocenters. The van der Waals surface area contributed by atoms with E-state index in [-0.39, 0.29) is 17.5 Å². The van der Waals surface area contributed by atoms with E-state index in [1.165, 1.54) is 6.42 Å². The first kappa shape index (κ1) is 18.0. The summed E-state index contributed by atoms with van der Waals surface area (Å²) in [6.07, 6.45) is 10.5. The van der Waals surface area contributed by atoms with Gasteiger partial charge in [0.2, 0.25) is 0 Å². The van der Waals surface area contributed by atoms with Crippen LogP contribution in [0.15, 0.2) is 0 Å². The molecular formula is C14H29O4S2+. The summed E-state index contributed by atoms with van der Waals surface area (Å²) in [5.41, 5.74) is 0. The van der Waals surface area contributed by atoms with Gasteiger partial charge in [-0.1, -0.05) is 32.6 Å². The van der Waals surface area contributed by atoms with Crippen LogP contribution in [-0.4, -0.2) is 41.8 Å². The van der Waals surface area contributed by atoms with E-state index in [0.717, 1.165) is 32.1 Å². The lowest BCUT2D eigenvalue weighted by Gasteiger charge is -2.28. The lowest BCUT2D eigenvalue weighted by atomic mass is 9.87. The minimum Gasteiger partial charge on any atom is -0.298 e. The van der Waals surface area contributed by atoms with Crippen LogP contribution in [0.5, 0.6) is 0 Å². The van der Waals surface area contributed by atoms with Gasteiger partial charge >= 0.3 is 10.1 Å². The molecule has 1 aliphatic rings. The van der Waals surface area contributed by atoms with Gasteiger partial charge in [-0.15, -0.1) is 0 Å². The maximum atomic E-state index is 12.3. The van der Waals surface area contributed by atoms with Gasteiger partial charge in [-0.25, -0.2) is 0 Å². The van der Waals surface area contributed by atoms with Crippen molar-refractivity contribution in [2.75, 3.05) is 24.0 Å². The molecule has 0 spiro atoms. The third-order valence-corrected chi connectivity index (χ3v) is 7.95. The molecule has 0 unspecified atom stereocenters. The van der Waals surface area contributed by atoms with Crippen LogP contribution in [0.4, 0.5) is 0 Å². The van der Waals surface area contributed by atoms with Crippen molar-refractivity contribution in [3.8, 4) is 0 Å². The molecule has 0 heterocycles. The zero-order chi connectivity index (χ0) is 15.2. The van der Waals surface area contributed by atoms with Crippen LogP contribution < -0.4 is 0 Å². The van der Waals surface area contributed by atoms with Gasteiger partial charge in [-0.2, -0.15) is 8.42 Å². The van der Waals surface area contributed by atoms with E-state index in [1.54, 1.807) is 0 Å². The summed E-state index contributed by atoms with van der Waals surface area (Å²) in [7, 11) is -5.10. The highest BCUT2D eigenvalue weighted by Crippen LogP contribution is 2.42. The van der Waals surface area contributed by atoms with Crippen molar-refractivity contribution in [1.29, 1.82) is 0 Å². The Hall–Kier alpha value is -0.0700. The minimum absolute atomic E-state index is 0.109. The molecule has 0 aliphatic heterocycles. The van der Waals surface area contributed by atoms with Crippen molar-refractivity contribution in [2.24, 2.45) is 5.92 Å². The predicted octanol–water partition coefficient (Wildman–Crippen LogP) is 3.34. The van der Waals surface area contributed by atoms with Crippen LogP contribution in [0, 0.1) is 5.92 Å². The maximum absolute atomic E-state index is 12.3. The Morgan fingerprint density at radius 2 is 1.75 bits per heavy atom. The Bertz CT molecular complexity index is 409. The maximum Gasteiger partial charge on any atom is 0.390 e. The molecule has 1 fully saturated rings. The second-order valence-electron chi connectivity index (χ2n) is 6.14. The molecule has 1 saturated carbocycles. The summed E-state index contributed by atoms with van der Waals surface area (Å²) in [5, 5.41) is 0. The second kappa shape index (κ2) is 7.80. The van der Waals surface area contributed by atoms with E-state index < -0.39 is 20.4 Å². The van der Waals surface area contributed by atoms with E-state index in [2.05, 4.69) is 3.63 Å². The molecule has 120 valence electrons. The zero-order valence-electron chi connectivity index (χ0n) is 12.9. The van der Waals surface area contributed by atoms with E-state index >= 15 is 0 Å². The second-order valence-corrected chi connectivity index (χ2v) is 11.6. The molecule has 0 aromatic rings. The van der Waals surface area contributed by atoms with Gasteiger partial charge in [-0.05, 0) is 29.6 Å². The highest BCUT2D eigenvalue weighted by Gasteiger charge is 2.32. The number of ketones is 1. The average molecular weight is 326 g/mol. The lowest BCUT2D eigenvalue weighted by molar-refractivity contribution is -0.121. The Morgan fingerprint density at radius 1 is 1.15 bits per heavy atom. The SMILES string of the molecule is CCCCS(=O)(=O)[OH+]S(C)(C)CC(=O)C1CCCCC1. The molecule has 1 N–H and O–H groups in total. The summed E-state index contributed by atoms with van der Waals surface area (Å²) in [6, 6.07) is 0. The molecular weight excluding hydrogens is 296 g/mol. The van der Waals surface area contributed by atoms with Crippen LogP contribution in [0.3, 0.4) is 0 Å². The molecule has 20 heavy (non-hydrogen) atoms. The molecule has 4 nitrogen and oxygen atoms in total. The number of Topliss-reactive ketones (excluding diaryl/α,β-unsaturated/α-hetero) is 1. The summed E-state index contributed by atoms with van der Waals surface area (Å²) >= 11 is 0. The van der Waals surface area contributed by atoms with Gasteiger partial charge in [0, 0.05) is 18.4 Å². The molecule has 0 amide bonds. The Balaban J connectivity index is 2.53. The van der Waals surface area contributed by atoms with Gasteiger partial charge in [0.15, 0.2) is 5.78 Å². The third-order valence-electron chi connectivity index (χ3n) is 3.63. The van der Waals surface area contributed by atoms with Crippen molar-refractivity contribution in [1.82, 2.24) is 0 Å². The van der Waals surface area contributed by atoms with Gasteiger partial charge in [0.25, 0.3) is 0 Å². The van der Waals surface area contributed by atoms with Crippen LogP contribution in [0.2, 0.25) is 0 Å². The first-order valence-electron chi connectivity index (χ1n) is 7.46. The van der Waals surface area contributed by atoms with Crippen molar-refractivity contribution in [3.05, 3.63) is 0 Å². The molecule has 0 aromatic heterocycles.